The van der Waals surface area contributed by atoms with E-state index < -0.39 is 22.5 Å². The van der Waals surface area contributed by atoms with Gasteiger partial charge in [0.25, 0.3) is 11.6 Å². The van der Waals surface area contributed by atoms with Gasteiger partial charge in [-0.1, -0.05) is 35.9 Å². The van der Waals surface area contributed by atoms with Gasteiger partial charge < -0.3 is 10.5 Å². The van der Waals surface area contributed by atoms with Gasteiger partial charge in [0.05, 0.1) is 22.4 Å². The van der Waals surface area contributed by atoms with Crippen LogP contribution in [0.1, 0.15) is 51.9 Å². The molecular formula is C26H25ClN10O6. The number of anilines is 1. The van der Waals surface area contributed by atoms with Gasteiger partial charge in [-0.3, -0.25) is 19.8 Å². The lowest BCUT2D eigenvalue weighted by molar-refractivity contribution is -0.384. The van der Waals surface area contributed by atoms with Gasteiger partial charge in [-0.2, -0.15) is 9.78 Å². The number of hydrazone groups is 1. The Labute approximate surface area is 248 Å². The molecule has 222 valence electrons. The molecule has 2 aromatic carbocycles. The number of likely N-dealkylation sites (tertiary alicyclic amines) is 1. The highest BCUT2D eigenvalue weighted by Gasteiger charge is 2.27. The minimum Gasteiger partial charge on any atom is -0.423 e. The number of nitrogen functional groups attached to an aromatic ring is 1. The number of piperidine rings is 1. The monoisotopic (exact) mass is 608 g/mol. The first kappa shape index (κ1) is 29.3. The molecule has 4 aromatic rings. The lowest BCUT2D eigenvalue weighted by Crippen LogP contribution is -2.34. The number of nitro benzene ring substituents is 1. The van der Waals surface area contributed by atoms with Crippen LogP contribution in [0.4, 0.5) is 11.5 Å². The number of carbonyl (C=O) groups is 2. The molecule has 0 unspecified atom stereocenters. The highest BCUT2D eigenvalue weighted by molar-refractivity contribution is 6.32. The molecule has 17 heteroatoms. The second-order valence-corrected chi connectivity index (χ2v) is 10.2. The lowest BCUT2D eigenvalue weighted by atomic mass is 9.99. The summed E-state index contributed by atoms with van der Waals surface area (Å²) in [5, 5.41) is 30.5. The van der Waals surface area contributed by atoms with Crippen molar-refractivity contribution in [2.75, 3.05) is 18.8 Å². The molecule has 1 saturated heterocycles. The Morgan fingerprint density at radius 2 is 2.05 bits per heavy atom. The highest BCUT2D eigenvalue weighted by atomic mass is 35.5. The van der Waals surface area contributed by atoms with Crippen LogP contribution in [0, 0.1) is 16.0 Å². The number of benzene rings is 2. The van der Waals surface area contributed by atoms with Gasteiger partial charge in [0.2, 0.25) is 11.6 Å². The van der Waals surface area contributed by atoms with E-state index in [4.69, 9.17) is 26.7 Å². The number of esters is 1. The first-order chi connectivity index (χ1) is 20.7. The van der Waals surface area contributed by atoms with Crippen molar-refractivity contribution in [2.24, 2.45) is 11.0 Å². The van der Waals surface area contributed by atoms with Crippen molar-refractivity contribution in [3.8, 4) is 11.6 Å². The van der Waals surface area contributed by atoms with Crippen LogP contribution >= 0.6 is 11.6 Å². The van der Waals surface area contributed by atoms with Crippen LogP contribution in [-0.2, 0) is 6.54 Å². The fourth-order valence-electron chi connectivity index (χ4n) is 4.38. The molecule has 2 aromatic heterocycles. The summed E-state index contributed by atoms with van der Waals surface area (Å²) in [5.41, 5.74) is 8.80. The number of nitrogens with two attached hydrogens (primary N) is 1. The van der Waals surface area contributed by atoms with Gasteiger partial charge in [0, 0.05) is 12.6 Å². The Morgan fingerprint density at radius 3 is 2.77 bits per heavy atom. The summed E-state index contributed by atoms with van der Waals surface area (Å²) in [6, 6.07) is 9.90. The Morgan fingerprint density at radius 1 is 1.26 bits per heavy atom. The second-order valence-electron chi connectivity index (χ2n) is 9.81. The Kier molecular flexibility index (Phi) is 8.68. The number of hydrogen-bond acceptors (Lipinski definition) is 13. The average molecular weight is 609 g/mol. The van der Waals surface area contributed by atoms with Gasteiger partial charge in [-0.25, -0.2) is 14.8 Å². The maximum absolute atomic E-state index is 13.1. The number of aromatic nitrogens is 5. The van der Waals surface area contributed by atoms with Gasteiger partial charge >= 0.3 is 5.97 Å². The number of halogens is 1. The third kappa shape index (κ3) is 6.82. The van der Waals surface area contributed by atoms with E-state index >= 15 is 0 Å². The molecule has 0 atom stereocenters. The predicted octanol–water partition coefficient (Wildman–Crippen LogP) is 3.01. The molecule has 0 radical (unpaired) electrons. The van der Waals surface area contributed by atoms with Crippen LogP contribution in [0.2, 0.25) is 5.02 Å². The number of nitro groups is 1. The first-order valence-electron chi connectivity index (χ1n) is 13.0. The lowest BCUT2D eigenvalue weighted by Gasteiger charge is -2.30. The summed E-state index contributed by atoms with van der Waals surface area (Å²) in [5.74, 6) is -0.549. The molecule has 1 fully saturated rings. The molecule has 43 heavy (non-hydrogen) atoms. The minimum absolute atomic E-state index is 0.00161. The molecule has 0 spiro atoms. The van der Waals surface area contributed by atoms with Crippen LogP contribution in [-0.4, -0.2) is 66.3 Å². The van der Waals surface area contributed by atoms with Crippen LogP contribution in [0.5, 0.6) is 5.75 Å². The normalized spacial score (nSPS) is 14.2. The summed E-state index contributed by atoms with van der Waals surface area (Å²) < 4.78 is 11.4. The molecule has 3 N–H and O–H groups in total. The zero-order chi connectivity index (χ0) is 30.5. The zero-order valence-electron chi connectivity index (χ0n) is 22.7. The molecule has 1 aliphatic heterocycles. The number of carbonyl (C=O) groups excluding carboxylic acids is 2. The van der Waals surface area contributed by atoms with Crippen molar-refractivity contribution < 1.29 is 23.9 Å². The van der Waals surface area contributed by atoms with Crippen molar-refractivity contribution in [1.29, 1.82) is 0 Å². The van der Waals surface area contributed by atoms with Crippen molar-refractivity contribution >= 4 is 41.2 Å². The van der Waals surface area contributed by atoms with E-state index in [1.54, 1.807) is 12.1 Å². The fourth-order valence-corrected chi connectivity index (χ4v) is 4.57. The van der Waals surface area contributed by atoms with Crippen LogP contribution in [0.25, 0.3) is 5.82 Å². The molecule has 3 heterocycles. The van der Waals surface area contributed by atoms with Crippen LogP contribution in [0.15, 0.2) is 52.2 Å². The van der Waals surface area contributed by atoms with E-state index in [0.717, 1.165) is 32.0 Å². The second kappa shape index (κ2) is 12.7. The molecule has 16 nitrogen and oxygen atoms in total. The van der Waals surface area contributed by atoms with Gasteiger partial charge in [-0.15, -0.1) is 5.10 Å². The molecule has 1 amide bonds. The number of rotatable bonds is 9. The summed E-state index contributed by atoms with van der Waals surface area (Å²) in [4.78, 5) is 38.3. The number of ether oxygens (including phenoxy) is 1. The van der Waals surface area contributed by atoms with Crippen molar-refractivity contribution in [1.82, 2.24) is 35.6 Å². The van der Waals surface area contributed by atoms with Gasteiger partial charge in [0.1, 0.15) is 10.8 Å². The number of hydrogen-bond donors (Lipinski definition) is 2. The SMILES string of the molecule is CC1CCN(Cc2c(C(=O)N/N=C\c3cccc(OC(=O)c4ccc(Cl)c([N+](=O)[O-])c4)c3)nnn2-c2nonc2N)CC1. The zero-order valence-corrected chi connectivity index (χ0v) is 23.5. The van der Waals surface area contributed by atoms with Crippen molar-refractivity contribution in [3.63, 3.8) is 0 Å². The van der Waals surface area contributed by atoms with Crippen molar-refractivity contribution in [3.05, 3.63) is 80.1 Å². The number of nitrogens with zero attached hydrogens (tertiary/aromatic N) is 8. The quantitative estimate of drug-likeness (QED) is 0.0923. The molecule has 0 saturated carbocycles. The Bertz CT molecular complexity index is 1700. The third-order valence-electron chi connectivity index (χ3n) is 6.75. The molecule has 0 bridgehead atoms. The number of nitrogens with one attached hydrogen (secondary N) is 1. The molecular weight excluding hydrogens is 584 g/mol. The van der Waals surface area contributed by atoms with E-state index in [1.165, 1.54) is 35.2 Å². The van der Waals surface area contributed by atoms with Crippen LogP contribution in [0.3, 0.4) is 0 Å². The van der Waals surface area contributed by atoms with E-state index in [0.29, 0.717) is 23.7 Å². The number of amides is 1. The van der Waals surface area contributed by atoms with Crippen LogP contribution < -0.4 is 15.9 Å². The van der Waals surface area contributed by atoms with E-state index in [2.05, 4.69) is 43.0 Å². The molecule has 1 aliphatic rings. The molecule has 0 aliphatic carbocycles. The Balaban J connectivity index is 1.28. The van der Waals surface area contributed by atoms with E-state index in [1.807, 2.05) is 0 Å². The summed E-state index contributed by atoms with van der Waals surface area (Å²) >= 11 is 5.81. The first-order valence-corrected chi connectivity index (χ1v) is 13.4. The third-order valence-corrected chi connectivity index (χ3v) is 7.07. The van der Waals surface area contributed by atoms with E-state index in [-0.39, 0.29) is 33.7 Å². The summed E-state index contributed by atoms with van der Waals surface area (Å²) in [6.45, 7) is 4.25. The summed E-state index contributed by atoms with van der Waals surface area (Å²) in [7, 11) is 0. The fraction of sp³-hybridized carbons (Fsp3) is 0.269. The Hall–Kier alpha value is -5.22. The predicted molar refractivity (Wildman–Crippen MR) is 152 cm³/mol. The maximum Gasteiger partial charge on any atom is 0.343 e. The van der Waals surface area contributed by atoms with Gasteiger partial charge in [0.15, 0.2) is 5.69 Å². The topological polar surface area (TPSA) is 210 Å². The minimum atomic E-state index is -0.816. The average Bonchev–Trinajstić information content (AvgIpc) is 3.60. The molecule has 5 rings (SSSR count). The van der Waals surface area contributed by atoms with Crippen molar-refractivity contribution in [2.45, 2.75) is 26.3 Å². The largest absolute Gasteiger partial charge is 0.423 e. The summed E-state index contributed by atoms with van der Waals surface area (Å²) in [6.07, 6.45) is 3.39. The van der Waals surface area contributed by atoms with Gasteiger partial charge in [-0.05, 0) is 72.0 Å². The highest BCUT2D eigenvalue weighted by Crippen LogP contribution is 2.26. The standard InChI is InChI=1S/C26H25ClN10O6/c1-15-7-9-35(10-8-15)14-21-22(30-34-36(21)24-23(28)32-43-33-24)25(38)31-29-13-16-3-2-4-18(11-16)42-26(39)17-5-6-19(27)20(12-17)37(40)41/h2-6,11-13,15H,7-10,14H2,1H3,(H2,28,32)(H,31,38)/b29-13-. The maximum atomic E-state index is 13.1. The smallest absolute Gasteiger partial charge is 0.343 e. The van der Waals surface area contributed by atoms with E-state index in [9.17, 15) is 19.7 Å².